The van der Waals surface area contributed by atoms with Crippen LogP contribution in [0.4, 0.5) is 5.69 Å². The van der Waals surface area contributed by atoms with Crippen LogP contribution in [0.15, 0.2) is 12.1 Å². The van der Waals surface area contributed by atoms with Crippen LogP contribution in [0, 0.1) is 5.92 Å². The fourth-order valence-corrected chi connectivity index (χ4v) is 4.12. The van der Waals surface area contributed by atoms with Gasteiger partial charge in [0.1, 0.15) is 5.82 Å². The lowest BCUT2D eigenvalue weighted by Gasteiger charge is -2.23. The summed E-state index contributed by atoms with van der Waals surface area (Å²) in [6, 6.07) is 3.29. The van der Waals surface area contributed by atoms with Crippen LogP contribution in [-0.2, 0) is 28.4 Å². The molecule has 2 N–H and O–H groups in total. The summed E-state index contributed by atoms with van der Waals surface area (Å²) in [5, 5.41) is 3.07. The highest BCUT2D eigenvalue weighted by Gasteiger charge is 2.23. The zero-order valence-electron chi connectivity index (χ0n) is 18.2. The number of anilines is 1. The van der Waals surface area contributed by atoms with E-state index in [0.717, 1.165) is 29.4 Å². The van der Waals surface area contributed by atoms with Gasteiger partial charge in [-0.3, -0.25) is 9.52 Å². The largest absolute Gasteiger partial charge is 0.381 e. The summed E-state index contributed by atoms with van der Waals surface area (Å²) in [7, 11) is 1.07. The topological polar surface area (TPSA) is 106 Å². The molecular weight excluding hydrogens is 406 g/mol. The number of nitrogens with one attached hydrogen (secondary N) is 2. The van der Waals surface area contributed by atoms with Crippen molar-refractivity contribution >= 4 is 32.8 Å². The maximum Gasteiger partial charge on any atom is 0.301 e. The van der Waals surface area contributed by atoms with Crippen LogP contribution >= 0.6 is 0 Å². The molecule has 166 valence electrons. The van der Waals surface area contributed by atoms with Gasteiger partial charge in [0.2, 0.25) is 0 Å². The molecule has 2 aromatic rings. The van der Waals surface area contributed by atoms with Gasteiger partial charge >= 0.3 is 10.2 Å². The van der Waals surface area contributed by atoms with Gasteiger partial charge in [0.25, 0.3) is 5.91 Å². The van der Waals surface area contributed by atoms with E-state index in [2.05, 4.69) is 23.9 Å². The highest BCUT2D eigenvalue weighted by Crippen LogP contribution is 2.27. The summed E-state index contributed by atoms with van der Waals surface area (Å²) in [5.41, 5.74) is 2.00. The van der Waals surface area contributed by atoms with Gasteiger partial charge in [-0.05, 0) is 30.9 Å². The second kappa shape index (κ2) is 8.91. The summed E-state index contributed by atoms with van der Waals surface area (Å²) < 4.78 is 35.6. The van der Waals surface area contributed by atoms with Crippen molar-refractivity contribution in [2.24, 2.45) is 13.0 Å². The number of aromatic nitrogens is 2. The molecule has 2 heterocycles. The minimum atomic E-state index is -3.71. The zero-order valence-corrected chi connectivity index (χ0v) is 19.0. The molecule has 1 aromatic carbocycles. The van der Waals surface area contributed by atoms with E-state index >= 15 is 0 Å². The molecular formula is C20H31N5O4S. The molecule has 0 atom stereocenters. The van der Waals surface area contributed by atoms with Crippen LogP contribution in [0.1, 0.15) is 42.9 Å². The Morgan fingerprint density at radius 1 is 1.30 bits per heavy atom. The van der Waals surface area contributed by atoms with E-state index in [1.165, 1.54) is 14.1 Å². The van der Waals surface area contributed by atoms with E-state index in [4.69, 9.17) is 9.72 Å². The number of rotatable bonds is 7. The van der Waals surface area contributed by atoms with Gasteiger partial charge < -0.3 is 14.6 Å². The lowest BCUT2D eigenvalue weighted by molar-refractivity contribution is 0.0697. The Morgan fingerprint density at radius 2 is 1.97 bits per heavy atom. The lowest BCUT2D eigenvalue weighted by atomic mass is 10.1. The molecule has 1 aromatic heterocycles. The van der Waals surface area contributed by atoms with Crippen LogP contribution in [0.5, 0.6) is 0 Å². The molecule has 0 bridgehead atoms. The van der Waals surface area contributed by atoms with E-state index in [0.29, 0.717) is 41.4 Å². The SMILES string of the molecule is CC(C)Cc1nc2cc(NS(=O)(=O)N(C)C)cc(C(=O)NC3CCOCC3)c2n1C. The van der Waals surface area contributed by atoms with Crippen molar-refractivity contribution in [3.63, 3.8) is 0 Å². The molecule has 0 radical (unpaired) electrons. The Kier molecular flexibility index (Phi) is 6.68. The molecule has 9 nitrogen and oxygen atoms in total. The first-order chi connectivity index (χ1) is 14.1. The summed E-state index contributed by atoms with van der Waals surface area (Å²) in [6.45, 7) is 5.45. The fraction of sp³-hybridized carbons (Fsp3) is 0.600. The second-order valence-corrected chi connectivity index (χ2v) is 10.2. The second-order valence-electron chi connectivity index (χ2n) is 8.33. The number of aryl methyl sites for hydroxylation is 1. The minimum Gasteiger partial charge on any atom is -0.381 e. The normalized spacial score (nSPS) is 15.8. The number of hydrogen-bond acceptors (Lipinski definition) is 5. The molecule has 10 heteroatoms. The predicted octanol–water partition coefficient (Wildman–Crippen LogP) is 1.90. The molecule has 1 amide bonds. The van der Waals surface area contributed by atoms with E-state index < -0.39 is 10.2 Å². The van der Waals surface area contributed by atoms with Gasteiger partial charge in [-0.25, -0.2) is 4.98 Å². The number of nitrogens with zero attached hydrogens (tertiary/aromatic N) is 3. The first-order valence-corrected chi connectivity index (χ1v) is 11.6. The summed E-state index contributed by atoms with van der Waals surface area (Å²) in [5.74, 6) is 1.01. The van der Waals surface area contributed by atoms with Crippen LogP contribution in [0.3, 0.4) is 0 Å². The molecule has 0 unspecified atom stereocenters. The molecule has 3 rings (SSSR count). The monoisotopic (exact) mass is 437 g/mol. The first kappa shape index (κ1) is 22.5. The van der Waals surface area contributed by atoms with Crippen LogP contribution < -0.4 is 10.0 Å². The van der Waals surface area contributed by atoms with Crippen molar-refractivity contribution in [2.45, 2.75) is 39.2 Å². The number of ether oxygens (including phenoxy) is 1. The maximum absolute atomic E-state index is 13.2. The van der Waals surface area contributed by atoms with Crippen molar-refractivity contribution in [1.29, 1.82) is 0 Å². The molecule has 0 saturated carbocycles. The number of carbonyl (C=O) groups is 1. The van der Waals surface area contributed by atoms with Gasteiger partial charge in [-0.1, -0.05) is 13.8 Å². The van der Waals surface area contributed by atoms with E-state index in [-0.39, 0.29) is 11.9 Å². The third kappa shape index (κ3) is 4.93. The number of carbonyl (C=O) groups excluding carboxylic acids is 1. The van der Waals surface area contributed by atoms with Gasteiger partial charge in [-0.2, -0.15) is 12.7 Å². The quantitative estimate of drug-likeness (QED) is 0.688. The average Bonchev–Trinajstić information content (AvgIpc) is 2.96. The predicted molar refractivity (Wildman–Crippen MR) is 117 cm³/mol. The Bertz CT molecular complexity index is 1020. The van der Waals surface area contributed by atoms with Gasteiger partial charge in [-0.15, -0.1) is 0 Å². The Labute approximate surface area is 178 Å². The lowest BCUT2D eigenvalue weighted by Crippen LogP contribution is -2.39. The van der Waals surface area contributed by atoms with Gasteiger partial charge in [0, 0.05) is 46.8 Å². The Morgan fingerprint density at radius 3 is 2.57 bits per heavy atom. The summed E-state index contributed by atoms with van der Waals surface area (Å²) in [4.78, 5) is 17.9. The highest BCUT2D eigenvalue weighted by atomic mass is 32.2. The molecule has 1 saturated heterocycles. The van der Waals surface area contributed by atoms with E-state index in [9.17, 15) is 13.2 Å². The minimum absolute atomic E-state index is 0.0341. The molecule has 1 fully saturated rings. The van der Waals surface area contributed by atoms with Crippen molar-refractivity contribution in [1.82, 2.24) is 19.2 Å². The summed E-state index contributed by atoms with van der Waals surface area (Å²) in [6.07, 6.45) is 2.27. The van der Waals surface area contributed by atoms with Crippen molar-refractivity contribution in [2.75, 3.05) is 32.0 Å². The van der Waals surface area contributed by atoms with Crippen LogP contribution in [0.25, 0.3) is 11.0 Å². The molecule has 30 heavy (non-hydrogen) atoms. The number of imidazole rings is 1. The molecule has 0 spiro atoms. The zero-order chi connectivity index (χ0) is 22.1. The van der Waals surface area contributed by atoms with Crippen LogP contribution in [-0.4, -0.2) is 61.5 Å². The number of amides is 1. The van der Waals surface area contributed by atoms with Gasteiger partial charge in [0.15, 0.2) is 0 Å². The molecule has 0 aliphatic carbocycles. The van der Waals surface area contributed by atoms with E-state index in [1.54, 1.807) is 12.1 Å². The summed E-state index contributed by atoms with van der Waals surface area (Å²) >= 11 is 0. The van der Waals surface area contributed by atoms with Crippen molar-refractivity contribution in [3.8, 4) is 0 Å². The Balaban J connectivity index is 2.06. The smallest absolute Gasteiger partial charge is 0.301 e. The molecule has 1 aliphatic rings. The van der Waals surface area contributed by atoms with E-state index in [1.807, 2.05) is 11.6 Å². The van der Waals surface area contributed by atoms with Crippen molar-refractivity contribution in [3.05, 3.63) is 23.5 Å². The van der Waals surface area contributed by atoms with Gasteiger partial charge in [0.05, 0.1) is 22.3 Å². The molecule has 1 aliphatic heterocycles. The third-order valence-electron chi connectivity index (χ3n) is 5.18. The van der Waals surface area contributed by atoms with Crippen molar-refractivity contribution < 1.29 is 17.9 Å². The number of hydrogen-bond donors (Lipinski definition) is 2. The first-order valence-electron chi connectivity index (χ1n) is 10.2. The maximum atomic E-state index is 13.2. The average molecular weight is 438 g/mol. The Hall–Kier alpha value is -2.17. The highest BCUT2D eigenvalue weighted by molar-refractivity contribution is 7.90. The third-order valence-corrected chi connectivity index (χ3v) is 6.64. The number of fused-ring (bicyclic) bond motifs is 1. The fourth-order valence-electron chi connectivity index (χ4n) is 3.53. The van der Waals surface area contributed by atoms with Crippen LogP contribution in [0.2, 0.25) is 0 Å². The standard InChI is InChI=1S/C20H31N5O4S/c1-13(2)10-18-22-17-12-15(23-30(27,28)24(3)4)11-16(19(17)25(18)5)20(26)21-14-6-8-29-9-7-14/h11-14,23H,6-10H2,1-5H3,(H,21,26). The number of benzene rings is 1.